The fourth-order valence-electron chi connectivity index (χ4n) is 3.55. The summed E-state index contributed by atoms with van der Waals surface area (Å²) in [5.41, 5.74) is 0.668. The molecular weight excluding hydrogens is 349 g/mol. The molecule has 0 spiro atoms. The van der Waals surface area contributed by atoms with Gasteiger partial charge in [0.05, 0.1) is 0 Å². The molecular formula is C16H20FN3O4S. The highest BCUT2D eigenvalue weighted by Gasteiger charge is 2.39. The average molecular weight is 369 g/mol. The summed E-state index contributed by atoms with van der Waals surface area (Å²) < 4.78 is 41.5. The van der Waals surface area contributed by atoms with Gasteiger partial charge in [0.15, 0.2) is 5.82 Å². The molecule has 9 heteroatoms. The first-order valence-electron chi connectivity index (χ1n) is 8.45. The van der Waals surface area contributed by atoms with Gasteiger partial charge in [-0.3, -0.25) is 4.79 Å². The summed E-state index contributed by atoms with van der Waals surface area (Å²) >= 11 is 0. The quantitative estimate of drug-likeness (QED) is 0.721. The summed E-state index contributed by atoms with van der Waals surface area (Å²) in [5, 5.41) is 13.6. The van der Waals surface area contributed by atoms with Gasteiger partial charge in [-0.05, 0) is 61.8 Å². The first kappa shape index (κ1) is 16.6. The Labute approximate surface area is 145 Å². The Morgan fingerprint density at radius 1 is 1.36 bits per heavy atom. The van der Waals surface area contributed by atoms with Crippen molar-refractivity contribution < 1.29 is 22.7 Å². The highest BCUT2D eigenvalue weighted by atomic mass is 32.2. The van der Waals surface area contributed by atoms with E-state index in [-0.39, 0.29) is 6.04 Å². The predicted molar refractivity (Wildman–Crippen MR) is 89.0 cm³/mol. The Hall–Kier alpha value is -1.87. The number of hydrogen-bond donors (Lipinski definition) is 3. The number of halogens is 1. The van der Waals surface area contributed by atoms with E-state index in [1.165, 1.54) is 18.9 Å². The van der Waals surface area contributed by atoms with Crippen molar-refractivity contribution in [2.75, 3.05) is 17.4 Å². The van der Waals surface area contributed by atoms with Crippen LogP contribution < -0.4 is 14.3 Å². The fraction of sp³-hybridized carbons (Fsp3) is 0.562. The number of nitrogens with zero attached hydrogens (tertiary/aromatic N) is 1. The first-order valence-corrected chi connectivity index (χ1v) is 9.89. The van der Waals surface area contributed by atoms with Gasteiger partial charge < -0.3 is 10.4 Å². The van der Waals surface area contributed by atoms with Gasteiger partial charge in [0.1, 0.15) is 18.0 Å². The van der Waals surface area contributed by atoms with Crippen LogP contribution in [0.5, 0.6) is 5.75 Å². The van der Waals surface area contributed by atoms with Gasteiger partial charge in [-0.2, -0.15) is 8.42 Å². The molecule has 1 heterocycles. The van der Waals surface area contributed by atoms with Crippen molar-refractivity contribution in [2.24, 2.45) is 5.92 Å². The number of amides is 1. The summed E-state index contributed by atoms with van der Waals surface area (Å²) in [4.78, 5) is 11.4. The molecule has 0 bridgehead atoms. The Balaban J connectivity index is 1.66. The van der Waals surface area contributed by atoms with Gasteiger partial charge >= 0.3 is 10.2 Å². The molecule has 2 fully saturated rings. The number of phenolic OH excluding ortho intramolecular Hbond substituents is 1. The molecule has 1 aromatic rings. The number of aryl methyl sites for hydroxylation is 1. The highest BCUT2D eigenvalue weighted by molar-refractivity contribution is 7.92. The number of carbonyl (C=O) groups excluding carboxylic acids is 1. The minimum absolute atomic E-state index is 0.134. The van der Waals surface area contributed by atoms with E-state index in [1.54, 1.807) is 4.72 Å². The van der Waals surface area contributed by atoms with Crippen LogP contribution in [0.15, 0.2) is 6.07 Å². The largest absolute Gasteiger partial charge is 0.506 e. The van der Waals surface area contributed by atoms with E-state index in [4.69, 9.17) is 0 Å². The molecule has 0 aromatic heterocycles. The van der Waals surface area contributed by atoms with Crippen molar-refractivity contribution in [3.05, 3.63) is 23.0 Å². The van der Waals surface area contributed by atoms with E-state index in [2.05, 4.69) is 5.32 Å². The van der Waals surface area contributed by atoms with Crippen LogP contribution in [0.1, 0.15) is 30.4 Å². The lowest BCUT2D eigenvalue weighted by Crippen LogP contribution is -2.37. The summed E-state index contributed by atoms with van der Waals surface area (Å²) in [6, 6.07) is 1.55. The van der Waals surface area contributed by atoms with E-state index in [0.29, 0.717) is 34.2 Å². The molecule has 1 saturated heterocycles. The van der Waals surface area contributed by atoms with Crippen molar-refractivity contribution in [1.29, 1.82) is 0 Å². The molecule has 2 aliphatic carbocycles. The molecule has 0 radical (unpaired) electrons. The number of phenols is 1. The number of anilines is 1. The van der Waals surface area contributed by atoms with Crippen LogP contribution in [0.2, 0.25) is 0 Å². The lowest BCUT2D eigenvalue weighted by Gasteiger charge is -2.28. The maximum Gasteiger partial charge on any atom is 0.326 e. The van der Waals surface area contributed by atoms with Crippen LogP contribution in [0.4, 0.5) is 10.1 Å². The molecule has 136 valence electrons. The number of rotatable bonds is 4. The van der Waals surface area contributed by atoms with Gasteiger partial charge in [0.2, 0.25) is 0 Å². The zero-order valence-corrected chi connectivity index (χ0v) is 14.4. The van der Waals surface area contributed by atoms with Gasteiger partial charge in [0, 0.05) is 6.04 Å². The van der Waals surface area contributed by atoms with Crippen LogP contribution in [0, 0.1) is 11.7 Å². The second-order valence-electron chi connectivity index (χ2n) is 7.02. The summed E-state index contributed by atoms with van der Waals surface area (Å²) in [7, 11) is -4.17. The fourth-order valence-corrected chi connectivity index (χ4v) is 4.72. The molecule has 3 N–H and O–H groups in total. The normalized spacial score (nSPS) is 24.9. The molecule has 3 aliphatic rings. The minimum Gasteiger partial charge on any atom is -0.506 e. The van der Waals surface area contributed by atoms with Crippen molar-refractivity contribution in [1.82, 2.24) is 10.0 Å². The zero-order chi connectivity index (χ0) is 17.8. The number of fused-ring (bicyclic) bond motifs is 1. The highest BCUT2D eigenvalue weighted by Crippen LogP contribution is 2.39. The van der Waals surface area contributed by atoms with Crippen molar-refractivity contribution >= 4 is 21.8 Å². The van der Waals surface area contributed by atoms with E-state index in [9.17, 15) is 18.3 Å². The summed E-state index contributed by atoms with van der Waals surface area (Å²) in [6.45, 7) is 0.389. The molecule has 25 heavy (non-hydrogen) atoms. The lowest BCUT2D eigenvalue weighted by molar-refractivity contribution is -0.117. The molecule has 1 unspecified atom stereocenters. The third-order valence-electron chi connectivity index (χ3n) is 5.09. The number of benzene rings is 1. The van der Waals surface area contributed by atoms with Crippen molar-refractivity contribution in [2.45, 2.75) is 38.1 Å². The third-order valence-corrected chi connectivity index (χ3v) is 6.47. The maximum absolute atomic E-state index is 15.1. The van der Waals surface area contributed by atoms with E-state index in [1.807, 2.05) is 0 Å². The van der Waals surface area contributed by atoms with Gasteiger partial charge in [-0.25, -0.2) is 13.4 Å². The van der Waals surface area contributed by atoms with Crippen molar-refractivity contribution in [3.63, 3.8) is 0 Å². The predicted octanol–water partition coefficient (Wildman–Crippen LogP) is 0.569. The van der Waals surface area contributed by atoms with Gasteiger partial charge in [-0.15, -0.1) is 0 Å². The molecule has 4 rings (SSSR count). The number of carbonyl (C=O) groups is 1. The Bertz CT molecular complexity index is 838. The van der Waals surface area contributed by atoms with Crippen LogP contribution >= 0.6 is 0 Å². The van der Waals surface area contributed by atoms with E-state index >= 15 is 4.39 Å². The second-order valence-corrected chi connectivity index (χ2v) is 8.62. The average Bonchev–Trinajstić information content (AvgIpc) is 3.31. The molecule has 1 aromatic carbocycles. The molecule has 1 aliphatic heterocycles. The van der Waals surface area contributed by atoms with Crippen LogP contribution in [-0.4, -0.2) is 38.6 Å². The first-order chi connectivity index (χ1) is 11.8. The summed E-state index contributed by atoms with van der Waals surface area (Å²) in [6.07, 6.45) is 4.37. The van der Waals surface area contributed by atoms with Gasteiger partial charge in [-0.1, -0.05) is 0 Å². The molecule has 1 atom stereocenters. The second kappa shape index (κ2) is 5.84. The van der Waals surface area contributed by atoms with Gasteiger partial charge in [0.25, 0.3) is 5.91 Å². The van der Waals surface area contributed by atoms with Crippen molar-refractivity contribution in [3.8, 4) is 5.75 Å². The number of nitrogens with one attached hydrogen (secondary N) is 2. The van der Waals surface area contributed by atoms with Crippen LogP contribution in [0.25, 0.3) is 0 Å². The number of hydrogen-bond acceptors (Lipinski definition) is 5. The Morgan fingerprint density at radius 3 is 2.76 bits per heavy atom. The molecule has 1 saturated carbocycles. The lowest BCUT2D eigenvalue weighted by atomic mass is 9.87. The van der Waals surface area contributed by atoms with E-state index < -0.39 is 39.9 Å². The van der Waals surface area contributed by atoms with Crippen LogP contribution in [-0.2, 0) is 27.8 Å². The Kier molecular flexibility index (Phi) is 3.88. The SMILES string of the molecule is O=C1CN(c2c(O)cc3c(c2F)CC(NCC2CC2)CC3)S(=O)(=O)N1. The minimum atomic E-state index is -4.17. The number of aromatic hydroxyl groups is 1. The maximum atomic E-state index is 15.1. The van der Waals surface area contributed by atoms with Crippen LogP contribution in [0.3, 0.4) is 0 Å². The third kappa shape index (κ3) is 3.06. The van der Waals surface area contributed by atoms with E-state index in [0.717, 1.165) is 13.0 Å². The molecule has 7 nitrogen and oxygen atoms in total. The smallest absolute Gasteiger partial charge is 0.326 e. The monoisotopic (exact) mass is 369 g/mol. The standard InChI is InChI=1S/C16H20FN3O4S/c17-15-12-6-11(18-7-9-1-2-9)4-3-10(12)5-13(21)16(15)20-8-14(22)19-25(20,23)24/h5,9,11,18,21H,1-4,6-8H2,(H,19,22). The zero-order valence-electron chi connectivity index (χ0n) is 13.6. The molecule has 1 amide bonds. The Morgan fingerprint density at radius 2 is 2.12 bits per heavy atom. The topological polar surface area (TPSA) is 98.7 Å². The summed E-state index contributed by atoms with van der Waals surface area (Å²) in [5.74, 6) is -1.25.